The molecule has 37 heavy (non-hydrogen) atoms. The molecule has 0 atom stereocenters. The quantitative estimate of drug-likeness (QED) is 0.100. The van der Waals surface area contributed by atoms with Crippen LogP contribution in [0.2, 0.25) is 0 Å². The van der Waals surface area contributed by atoms with Crippen LogP contribution in [0.15, 0.2) is 54.6 Å². The third-order valence-electron chi connectivity index (χ3n) is 8.61. The van der Waals surface area contributed by atoms with Crippen LogP contribution in [0.5, 0.6) is 0 Å². The third kappa shape index (κ3) is 12.5. The first-order valence-corrected chi connectivity index (χ1v) is 19.0. The molecule has 0 saturated heterocycles. The molecule has 0 aliphatic heterocycles. The second kappa shape index (κ2) is 20.8. The van der Waals surface area contributed by atoms with E-state index in [4.69, 9.17) is 0 Å². The molecule has 0 spiro atoms. The molecule has 0 amide bonds. The standard InChI is InChI=1S/C36H61P/c1-4-7-10-13-16-24-31-37(32-25-17-14-11-8-5-2,33-26-18-15-12-9-6-3)36-30-23-22-29-35(36)34-27-20-19-21-28-34/h19-23,27-30,37H,4-18,24-26,31-33H2,1-3H3. The van der Waals surface area contributed by atoms with Crippen molar-refractivity contribution in [3.8, 4) is 11.1 Å². The van der Waals surface area contributed by atoms with E-state index in [1.54, 1.807) is 10.9 Å². The van der Waals surface area contributed by atoms with E-state index in [9.17, 15) is 0 Å². The molecule has 0 bridgehead atoms. The topological polar surface area (TPSA) is 0 Å². The molecule has 0 heterocycles. The first kappa shape index (κ1) is 32.1. The number of hydrogen-bond donors (Lipinski definition) is 0. The van der Waals surface area contributed by atoms with Crippen molar-refractivity contribution >= 4 is 12.6 Å². The van der Waals surface area contributed by atoms with Gasteiger partial charge in [0.05, 0.1) is 0 Å². The number of unbranched alkanes of at least 4 members (excludes halogenated alkanes) is 15. The third-order valence-corrected chi connectivity index (χ3v) is 14.1. The SMILES string of the molecule is CCCCCCCC[PH](CCCCCCCC)(CCCCCCCC)c1ccccc1-c1ccccc1. The zero-order chi connectivity index (χ0) is 26.4. The van der Waals surface area contributed by atoms with Gasteiger partial charge in [-0.1, -0.05) is 0 Å². The second-order valence-corrected chi connectivity index (χ2v) is 16.3. The van der Waals surface area contributed by atoms with Gasteiger partial charge in [0.25, 0.3) is 0 Å². The first-order valence-electron chi connectivity index (χ1n) is 16.4. The zero-order valence-electron chi connectivity index (χ0n) is 25.0. The molecule has 0 radical (unpaired) electrons. The van der Waals surface area contributed by atoms with E-state index < -0.39 is 7.26 Å². The van der Waals surface area contributed by atoms with Crippen LogP contribution in [0.1, 0.15) is 136 Å². The van der Waals surface area contributed by atoms with Crippen molar-refractivity contribution in [1.82, 2.24) is 0 Å². The van der Waals surface area contributed by atoms with Gasteiger partial charge < -0.3 is 0 Å². The van der Waals surface area contributed by atoms with Crippen LogP contribution in [-0.4, -0.2) is 18.5 Å². The van der Waals surface area contributed by atoms with Crippen LogP contribution >= 0.6 is 7.26 Å². The summed E-state index contributed by atoms with van der Waals surface area (Å²) in [5, 5.41) is 1.79. The van der Waals surface area contributed by atoms with Gasteiger partial charge >= 0.3 is 233 Å². The Morgan fingerprint density at radius 1 is 0.405 bits per heavy atom. The maximum absolute atomic E-state index is 2.57. The second-order valence-electron chi connectivity index (χ2n) is 11.7. The Kier molecular flexibility index (Phi) is 18.0. The molecule has 0 fully saturated rings. The monoisotopic (exact) mass is 524 g/mol. The molecular weight excluding hydrogens is 463 g/mol. The summed E-state index contributed by atoms with van der Waals surface area (Å²) in [4.78, 5) is 0. The molecule has 2 aromatic rings. The first-order chi connectivity index (χ1) is 18.3. The van der Waals surface area contributed by atoms with Gasteiger partial charge in [-0.2, -0.15) is 0 Å². The number of hydrogen-bond acceptors (Lipinski definition) is 0. The molecule has 0 unspecified atom stereocenters. The zero-order valence-corrected chi connectivity index (χ0v) is 26.0. The van der Waals surface area contributed by atoms with Crippen LogP contribution in [-0.2, 0) is 0 Å². The predicted octanol–water partition coefficient (Wildman–Crippen LogP) is 11.8. The Morgan fingerprint density at radius 3 is 1.24 bits per heavy atom. The van der Waals surface area contributed by atoms with Gasteiger partial charge in [-0.25, -0.2) is 0 Å². The van der Waals surface area contributed by atoms with Crippen molar-refractivity contribution in [3.63, 3.8) is 0 Å². The van der Waals surface area contributed by atoms with Gasteiger partial charge in [-0.3, -0.25) is 0 Å². The van der Waals surface area contributed by atoms with Crippen LogP contribution in [0.25, 0.3) is 11.1 Å². The summed E-state index contributed by atoms with van der Waals surface area (Å²) in [6, 6.07) is 21.0. The molecule has 0 aliphatic carbocycles. The minimum atomic E-state index is -1.60. The Morgan fingerprint density at radius 2 is 0.784 bits per heavy atom. The molecule has 0 N–H and O–H groups in total. The molecule has 210 valence electrons. The van der Waals surface area contributed by atoms with Gasteiger partial charge in [0.1, 0.15) is 0 Å². The molecule has 2 aromatic carbocycles. The fourth-order valence-corrected chi connectivity index (χ4v) is 11.9. The van der Waals surface area contributed by atoms with E-state index in [-0.39, 0.29) is 0 Å². The average molecular weight is 525 g/mol. The molecule has 0 nitrogen and oxygen atoms in total. The van der Waals surface area contributed by atoms with Crippen molar-refractivity contribution < 1.29 is 0 Å². The van der Waals surface area contributed by atoms with Crippen LogP contribution < -0.4 is 5.30 Å². The van der Waals surface area contributed by atoms with Gasteiger partial charge in [0, 0.05) is 0 Å². The number of rotatable bonds is 23. The normalized spacial score (nSPS) is 12.2. The van der Waals surface area contributed by atoms with Crippen molar-refractivity contribution in [2.24, 2.45) is 0 Å². The van der Waals surface area contributed by atoms with Crippen LogP contribution in [0, 0.1) is 0 Å². The molecule has 0 aliphatic rings. The van der Waals surface area contributed by atoms with Gasteiger partial charge in [-0.05, 0) is 0 Å². The van der Waals surface area contributed by atoms with Crippen molar-refractivity contribution in [2.75, 3.05) is 18.5 Å². The Balaban J connectivity index is 2.26. The number of benzene rings is 2. The van der Waals surface area contributed by atoms with Gasteiger partial charge in [-0.15, -0.1) is 0 Å². The fraction of sp³-hybridized carbons (Fsp3) is 0.667. The summed E-state index contributed by atoms with van der Waals surface area (Å²) < 4.78 is 0. The average Bonchev–Trinajstić information content (AvgIpc) is 2.94. The molecule has 0 saturated carbocycles. The molecular formula is C36H61P. The van der Waals surface area contributed by atoms with Crippen molar-refractivity contribution in [3.05, 3.63) is 54.6 Å². The predicted molar refractivity (Wildman–Crippen MR) is 175 cm³/mol. The Hall–Kier alpha value is -1.13. The van der Waals surface area contributed by atoms with E-state index in [2.05, 4.69) is 75.4 Å². The minimum absolute atomic E-state index is 1.35. The summed E-state index contributed by atoms with van der Waals surface area (Å²) in [5.41, 5.74) is 2.99. The van der Waals surface area contributed by atoms with E-state index in [1.807, 2.05) is 0 Å². The Bertz CT molecular complexity index is 739. The van der Waals surface area contributed by atoms with Gasteiger partial charge in [0.2, 0.25) is 0 Å². The summed E-state index contributed by atoms with van der Waals surface area (Å²) in [6.07, 6.45) is 30.1. The summed E-state index contributed by atoms with van der Waals surface area (Å²) in [7, 11) is -1.60. The van der Waals surface area contributed by atoms with Crippen LogP contribution in [0.4, 0.5) is 0 Å². The van der Waals surface area contributed by atoms with Crippen molar-refractivity contribution in [2.45, 2.75) is 136 Å². The summed E-state index contributed by atoms with van der Waals surface area (Å²) in [5.74, 6) is 0. The van der Waals surface area contributed by atoms with Gasteiger partial charge in [0.15, 0.2) is 0 Å². The molecule has 0 aromatic heterocycles. The van der Waals surface area contributed by atoms with E-state index in [0.717, 1.165) is 0 Å². The van der Waals surface area contributed by atoms with E-state index >= 15 is 0 Å². The molecule has 1 heteroatoms. The van der Waals surface area contributed by atoms with E-state index in [1.165, 1.54) is 140 Å². The van der Waals surface area contributed by atoms with E-state index in [0.29, 0.717) is 0 Å². The fourth-order valence-electron chi connectivity index (χ4n) is 6.33. The molecule has 2 rings (SSSR count). The maximum atomic E-state index is 2.57. The Labute approximate surface area is 232 Å². The van der Waals surface area contributed by atoms with Crippen molar-refractivity contribution in [1.29, 1.82) is 0 Å². The summed E-state index contributed by atoms with van der Waals surface area (Å²) >= 11 is 0. The summed E-state index contributed by atoms with van der Waals surface area (Å²) in [6.45, 7) is 7.00. The van der Waals surface area contributed by atoms with Crippen LogP contribution in [0.3, 0.4) is 0 Å².